The molecule has 8 heteroatoms. The maximum atomic E-state index is 13.3. The van der Waals surface area contributed by atoms with Crippen LogP contribution >= 0.6 is 0 Å². The van der Waals surface area contributed by atoms with Gasteiger partial charge in [0.25, 0.3) is 0 Å². The van der Waals surface area contributed by atoms with Gasteiger partial charge in [0.2, 0.25) is 0 Å². The molecule has 0 aliphatic heterocycles. The molecule has 206 valence electrons. The molecular formula is C28H46O8. The summed E-state index contributed by atoms with van der Waals surface area (Å²) in [4.78, 5) is 13.3. The van der Waals surface area contributed by atoms with Crippen molar-refractivity contribution in [1.29, 1.82) is 0 Å². The largest absolute Gasteiger partial charge is 0.392 e. The Morgan fingerprint density at radius 1 is 1.06 bits per heavy atom. The predicted molar refractivity (Wildman–Crippen MR) is 133 cm³/mol. The first-order valence-corrected chi connectivity index (χ1v) is 13.5. The Bertz CT molecular complexity index is 927. The van der Waals surface area contributed by atoms with Crippen molar-refractivity contribution in [3.05, 3.63) is 11.6 Å². The lowest BCUT2D eigenvalue weighted by Gasteiger charge is -2.62. The number of hydrogen-bond acceptors (Lipinski definition) is 8. The van der Waals surface area contributed by atoms with Crippen molar-refractivity contribution in [1.82, 2.24) is 0 Å². The summed E-state index contributed by atoms with van der Waals surface area (Å²) in [5.74, 6) is -2.11. The van der Waals surface area contributed by atoms with Crippen molar-refractivity contribution >= 4 is 5.78 Å². The molecule has 0 saturated heterocycles. The standard InChI is InChI=1S/C28H46O8/c1-14(2)26(5,34)13-22(33)27(6,35)21-7-8-28(36)16-10-17(29)15-9-18(30)19(31)11-24(15,3)23(16)20(32)12-25(21,28)4/h10,14-15,18-23,30-36H,7-9,11-13H2,1-6H3. The normalized spacial score (nSPS) is 48.8. The van der Waals surface area contributed by atoms with E-state index in [0.29, 0.717) is 12.0 Å². The average Bonchev–Trinajstić information content (AvgIpc) is 3.01. The fraction of sp³-hybridized carbons (Fsp3) is 0.893. The molecule has 4 rings (SSSR count). The Labute approximate surface area is 214 Å². The zero-order chi connectivity index (χ0) is 27.2. The summed E-state index contributed by atoms with van der Waals surface area (Å²) in [6.45, 7) is 10.5. The van der Waals surface area contributed by atoms with E-state index in [-0.39, 0.29) is 43.8 Å². The molecule has 0 bridgehead atoms. The minimum atomic E-state index is -1.67. The van der Waals surface area contributed by atoms with E-state index in [1.54, 1.807) is 6.92 Å². The summed E-state index contributed by atoms with van der Waals surface area (Å²) in [5.41, 5.74) is -5.79. The molecular weight excluding hydrogens is 464 g/mol. The fourth-order valence-electron chi connectivity index (χ4n) is 8.49. The van der Waals surface area contributed by atoms with Crippen LogP contribution in [0.4, 0.5) is 0 Å². The Balaban J connectivity index is 1.73. The molecule has 36 heavy (non-hydrogen) atoms. The molecule has 12 unspecified atom stereocenters. The van der Waals surface area contributed by atoms with E-state index in [4.69, 9.17) is 0 Å². The van der Waals surface area contributed by atoms with Gasteiger partial charge in [-0.2, -0.15) is 0 Å². The van der Waals surface area contributed by atoms with Crippen LogP contribution in [-0.2, 0) is 4.79 Å². The highest BCUT2D eigenvalue weighted by Crippen LogP contribution is 2.68. The molecule has 4 aliphatic carbocycles. The van der Waals surface area contributed by atoms with E-state index < -0.39 is 69.8 Å². The molecule has 7 N–H and O–H groups in total. The van der Waals surface area contributed by atoms with E-state index in [9.17, 15) is 40.5 Å². The second-order valence-corrected chi connectivity index (χ2v) is 13.7. The molecule has 0 radical (unpaired) electrons. The summed E-state index contributed by atoms with van der Waals surface area (Å²) >= 11 is 0. The summed E-state index contributed by atoms with van der Waals surface area (Å²) < 4.78 is 0. The molecule has 12 atom stereocenters. The highest BCUT2D eigenvalue weighted by Gasteiger charge is 2.71. The van der Waals surface area contributed by atoms with Gasteiger partial charge in [-0.1, -0.05) is 27.7 Å². The van der Waals surface area contributed by atoms with Gasteiger partial charge >= 0.3 is 0 Å². The third-order valence-corrected chi connectivity index (χ3v) is 11.3. The molecule has 0 aromatic heterocycles. The summed E-state index contributed by atoms with van der Waals surface area (Å²) in [6.07, 6.45) is -1.83. The number of rotatable bonds is 5. The lowest BCUT2D eigenvalue weighted by Crippen LogP contribution is -2.66. The molecule has 0 spiro atoms. The number of allylic oxidation sites excluding steroid dienone is 1. The van der Waals surface area contributed by atoms with Gasteiger partial charge in [0.1, 0.15) is 0 Å². The van der Waals surface area contributed by atoms with E-state index in [2.05, 4.69) is 0 Å². The van der Waals surface area contributed by atoms with Crippen LogP contribution in [0.1, 0.15) is 80.1 Å². The van der Waals surface area contributed by atoms with Crippen LogP contribution in [-0.4, -0.2) is 82.7 Å². The first-order valence-electron chi connectivity index (χ1n) is 13.5. The van der Waals surface area contributed by atoms with Gasteiger partial charge in [-0.3, -0.25) is 4.79 Å². The van der Waals surface area contributed by atoms with Crippen molar-refractivity contribution in [2.24, 2.45) is 34.5 Å². The third-order valence-electron chi connectivity index (χ3n) is 11.3. The van der Waals surface area contributed by atoms with Crippen LogP contribution in [0.25, 0.3) is 0 Å². The van der Waals surface area contributed by atoms with Gasteiger partial charge in [-0.15, -0.1) is 0 Å². The zero-order valence-corrected chi connectivity index (χ0v) is 22.5. The van der Waals surface area contributed by atoms with E-state index in [1.807, 2.05) is 27.7 Å². The first-order chi connectivity index (χ1) is 16.3. The SMILES string of the molecule is CC(C)C(C)(O)CC(O)C(C)(O)C1CCC2(O)C3=CC(=O)C4CC(O)C(O)CC4(C)C3C(O)CC12C. The number of ketones is 1. The molecule has 4 aliphatic rings. The van der Waals surface area contributed by atoms with Crippen LogP contribution in [0.3, 0.4) is 0 Å². The average molecular weight is 511 g/mol. The number of hydrogen-bond donors (Lipinski definition) is 7. The fourth-order valence-corrected chi connectivity index (χ4v) is 8.49. The van der Waals surface area contributed by atoms with Crippen LogP contribution in [0, 0.1) is 34.5 Å². The second-order valence-electron chi connectivity index (χ2n) is 13.7. The number of carbonyl (C=O) groups is 1. The topological polar surface area (TPSA) is 159 Å². The Morgan fingerprint density at radius 3 is 2.25 bits per heavy atom. The third kappa shape index (κ3) is 3.78. The first kappa shape index (κ1) is 28.1. The van der Waals surface area contributed by atoms with Gasteiger partial charge in [-0.05, 0) is 74.9 Å². The molecule has 8 nitrogen and oxygen atoms in total. The van der Waals surface area contributed by atoms with Crippen LogP contribution < -0.4 is 0 Å². The molecule has 0 heterocycles. The highest BCUT2D eigenvalue weighted by atomic mass is 16.3. The summed E-state index contributed by atoms with van der Waals surface area (Å²) in [5, 5.41) is 78.1. The van der Waals surface area contributed by atoms with Crippen LogP contribution in [0.15, 0.2) is 11.6 Å². The number of aliphatic hydroxyl groups excluding tert-OH is 4. The Kier molecular flexibility index (Phi) is 6.70. The van der Waals surface area contributed by atoms with Gasteiger partial charge < -0.3 is 35.7 Å². The Hall–Kier alpha value is -0.870. The highest BCUT2D eigenvalue weighted by molar-refractivity contribution is 5.95. The van der Waals surface area contributed by atoms with Crippen molar-refractivity contribution in [2.45, 2.75) is 121 Å². The minimum Gasteiger partial charge on any atom is -0.392 e. The maximum Gasteiger partial charge on any atom is 0.159 e. The van der Waals surface area contributed by atoms with Gasteiger partial charge in [-0.25, -0.2) is 0 Å². The lowest BCUT2D eigenvalue weighted by atomic mass is 9.44. The van der Waals surface area contributed by atoms with E-state index >= 15 is 0 Å². The van der Waals surface area contributed by atoms with Gasteiger partial charge in [0.05, 0.1) is 41.2 Å². The smallest absolute Gasteiger partial charge is 0.159 e. The lowest BCUT2D eigenvalue weighted by molar-refractivity contribution is -0.201. The van der Waals surface area contributed by atoms with E-state index in [1.165, 1.54) is 13.0 Å². The molecule has 0 aromatic carbocycles. The van der Waals surface area contributed by atoms with Crippen molar-refractivity contribution in [3.8, 4) is 0 Å². The molecule has 3 fully saturated rings. The van der Waals surface area contributed by atoms with Crippen molar-refractivity contribution in [3.63, 3.8) is 0 Å². The molecule has 3 saturated carbocycles. The monoisotopic (exact) mass is 510 g/mol. The van der Waals surface area contributed by atoms with Crippen LogP contribution in [0.5, 0.6) is 0 Å². The number of carbonyl (C=O) groups excluding carboxylic acids is 1. The predicted octanol–water partition coefficient (Wildman–Crippen LogP) is 1.07. The zero-order valence-electron chi connectivity index (χ0n) is 22.5. The number of aliphatic hydroxyl groups is 7. The van der Waals surface area contributed by atoms with Crippen molar-refractivity contribution in [2.75, 3.05) is 0 Å². The Morgan fingerprint density at radius 2 is 1.67 bits per heavy atom. The van der Waals surface area contributed by atoms with Gasteiger partial charge in [0.15, 0.2) is 5.78 Å². The quantitative estimate of drug-likeness (QED) is 0.289. The van der Waals surface area contributed by atoms with Crippen LogP contribution in [0.2, 0.25) is 0 Å². The van der Waals surface area contributed by atoms with Crippen molar-refractivity contribution < 1.29 is 40.5 Å². The number of fused-ring (bicyclic) bond motifs is 5. The summed E-state index contributed by atoms with van der Waals surface area (Å²) in [7, 11) is 0. The minimum absolute atomic E-state index is 0.0466. The van der Waals surface area contributed by atoms with E-state index in [0.717, 1.165) is 0 Å². The summed E-state index contributed by atoms with van der Waals surface area (Å²) in [6, 6.07) is 0. The molecule has 0 aromatic rings. The van der Waals surface area contributed by atoms with Gasteiger partial charge in [0, 0.05) is 23.7 Å². The maximum absolute atomic E-state index is 13.3. The second kappa shape index (κ2) is 8.57. The molecule has 0 amide bonds.